The van der Waals surface area contributed by atoms with E-state index in [1.54, 1.807) is 11.3 Å². The summed E-state index contributed by atoms with van der Waals surface area (Å²) in [6.07, 6.45) is 3.44. The van der Waals surface area contributed by atoms with Crippen molar-refractivity contribution < 1.29 is 17.6 Å². The van der Waals surface area contributed by atoms with Gasteiger partial charge in [-0.1, -0.05) is 0 Å². The van der Waals surface area contributed by atoms with Crippen LogP contribution in [-0.4, -0.2) is 43.8 Å². The third-order valence-electron chi connectivity index (χ3n) is 4.20. The number of sulfonamides is 1. The average Bonchev–Trinajstić information content (AvgIpc) is 3.07. The molecule has 1 aromatic carbocycles. The summed E-state index contributed by atoms with van der Waals surface area (Å²) in [6.45, 7) is 2.80. The lowest BCUT2D eigenvalue weighted by Gasteiger charge is -2.17. The second-order valence-electron chi connectivity index (χ2n) is 6.57. The van der Waals surface area contributed by atoms with Gasteiger partial charge in [-0.2, -0.15) is 0 Å². The number of nitrogens with one attached hydrogen (secondary N) is 1. The quantitative estimate of drug-likeness (QED) is 0.559. The van der Waals surface area contributed by atoms with Gasteiger partial charge in [0.1, 0.15) is 5.82 Å². The number of rotatable bonds is 11. The standard InChI is InChI=1S/C19H26FN3O3S2/c1-15-14-27-19(22-15)7-3-4-12-21-18(24)6-5-13-23(2)28(25,26)17-10-8-16(20)9-11-17/h8-11,14H,3-7,12-13H2,1-2H3,(H,21,24). The number of halogens is 1. The Labute approximate surface area is 169 Å². The minimum Gasteiger partial charge on any atom is -0.356 e. The molecule has 154 valence electrons. The number of hydrogen-bond donors (Lipinski definition) is 1. The molecule has 0 atom stereocenters. The Kier molecular flexibility index (Phi) is 8.53. The van der Waals surface area contributed by atoms with E-state index in [-0.39, 0.29) is 23.8 Å². The summed E-state index contributed by atoms with van der Waals surface area (Å²) >= 11 is 1.66. The first-order valence-corrected chi connectivity index (χ1v) is 11.5. The summed E-state index contributed by atoms with van der Waals surface area (Å²) in [7, 11) is -2.22. The lowest BCUT2D eigenvalue weighted by atomic mass is 10.2. The van der Waals surface area contributed by atoms with Gasteiger partial charge in [0.2, 0.25) is 15.9 Å². The molecule has 0 saturated heterocycles. The number of amides is 1. The highest BCUT2D eigenvalue weighted by atomic mass is 32.2. The molecule has 0 aliphatic carbocycles. The van der Waals surface area contributed by atoms with Crippen LogP contribution < -0.4 is 5.32 Å². The van der Waals surface area contributed by atoms with E-state index in [0.29, 0.717) is 13.0 Å². The van der Waals surface area contributed by atoms with E-state index in [1.165, 1.54) is 23.5 Å². The molecule has 6 nitrogen and oxygen atoms in total. The summed E-state index contributed by atoms with van der Waals surface area (Å²) in [5.74, 6) is -0.572. The highest BCUT2D eigenvalue weighted by molar-refractivity contribution is 7.89. The van der Waals surface area contributed by atoms with E-state index in [0.717, 1.165) is 42.1 Å². The van der Waals surface area contributed by atoms with Crippen molar-refractivity contribution in [3.05, 3.63) is 46.2 Å². The molecule has 0 fully saturated rings. The number of benzene rings is 1. The molecule has 0 aliphatic rings. The number of nitrogens with zero attached hydrogens (tertiary/aromatic N) is 2. The van der Waals surface area contributed by atoms with Gasteiger partial charge in [0, 0.05) is 37.6 Å². The SMILES string of the molecule is Cc1csc(CCCCNC(=O)CCCN(C)S(=O)(=O)c2ccc(F)cc2)n1. The number of hydrogen-bond acceptors (Lipinski definition) is 5. The topological polar surface area (TPSA) is 79.4 Å². The second-order valence-corrected chi connectivity index (χ2v) is 9.56. The van der Waals surface area contributed by atoms with Crippen molar-refractivity contribution in [2.24, 2.45) is 0 Å². The van der Waals surface area contributed by atoms with Crippen molar-refractivity contribution in [2.45, 2.75) is 43.9 Å². The summed E-state index contributed by atoms with van der Waals surface area (Å²) in [5.41, 5.74) is 1.04. The number of unbranched alkanes of at least 4 members (excludes halogenated alkanes) is 1. The van der Waals surface area contributed by atoms with Gasteiger partial charge in [0.15, 0.2) is 0 Å². The zero-order valence-corrected chi connectivity index (χ0v) is 17.8. The highest BCUT2D eigenvalue weighted by Crippen LogP contribution is 2.15. The van der Waals surface area contributed by atoms with Gasteiger partial charge < -0.3 is 5.32 Å². The molecule has 1 heterocycles. The zero-order chi connectivity index (χ0) is 20.6. The van der Waals surface area contributed by atoms with Crippen LogP contribution in [0.3, 0.4) is 0 Å². The van der Waals surface area contributed by atoms with Crippen molar-refractivity contribution in [3.8, 4) is 0 Å². The van der Waals surface area contributed by atoms with Crippen LogP contribution in [0.1, 0.15) is 36.4 Å². The van der Waals surface area contributed by atoms with Gasteiger partial charge in [0.25, 0.3) is 0 Å². The van der Waals surface area contributed by atoms with Gasteiger partial charge >= 0.3 is 0 Å². The van der Waals surface area contributed by atoms with Crippen molar-refractivity contribution in [2.75, 3.05) is 20.1 Å². The Morgan fingerprint density at radius 2 is 1.93 bits per heavy atom. The predicted molar refractivity (Wildman–Crippen MR) is 108 cm³/mol. The third-order valence-corrected chi connectivity index (χ3v) is 7.10. The Morgan fingerprint density at radius 3 is 2.57 bits per heavy atom. The van der Waals surface area contributed by atoms with Crippen LogP contribution in [0.25, 0.3) is 0 Å². The molecule has 0 saturated carbocycles. The van der Waals surface area contributed by atoms with Crippen LogP contribution in [-0.2, 0) is 21.2 Å². The molecule has 0 bridgehead atoms. The van der Waals surface area contributed by atoms with E-state index in [4.69, 9.17) is 0 Å². The van der Waals surface area contributed by atoms with Gasteiger partial charge in [-0.15, -0.1) is 11.3 Å². The fourth-order valence-corrected chi connectivity index (χ4v) is 4.63. The number of aromatic nitrogens is 1. The zero-order valence-electron chi connectivity index (χ0n) is 16.2. The smallest absolute Gasteiger partial charge is 0.242 e. The van der Waals surface area contributed by atoms with Crippen LogP contribution in [0.5, 0.6) is 0 Å². The van der Waals surface area contributed by atoms with Gasteiger partial charge in [0.05, 0.1) is 9.90 Å². The Hall–Kier alpha value is -1.84. The first-order valence-electron chi connectivity index (χ1n) is 9.18. The van der Waals surface area contributed by atoms with Gasteiger partial charge in [-0.05, 0) is 56.9 Å². The van der Waals surface area contributed by atoms with E-state index in [1.807, 2.05) is 12.3 Å². The van der Waals surface area contributed by atoms with Crippen molar-refractivity contribution in [3.63, 3.8) is 0 Å². The molecular weight excluding hydrogens is 401 g/mol. The molecule has 2 aromatic rings. The lowest BCUT2D eigenvalue weighted by Crippen LogP contribution is -2.30. The van der Waals surface area contributed by atoms with E-state index in [2.05, 4.69) is 10.3 Å². The molecule has 0 radical (unpaired) electrons. The largest absolute Gasteiger partial charge is 0.356 e. The minimum atomic E-state index is -3.67. The highest BCUT2D eigenvalue weighted by Gasteiger charge is 2.20. The van der Waals surface area contributed by atoms with Crippen molar-refractivity contribution in [1.82, 2.24) is 14.6 Å². The lowest BCUT2D eigenvalue weighted by molar-refractivity contribution is -0.121. The summed E-state index contributed by atoms with van der Waals surface area (Å²) in [6, 6.07) is 4.70. The predicted octanol–water partition coefficient (Wildman–Crippen LogP) is 3.13. The van der Waals surface area contributed by atoms with Crippen LogP contribution in [0, 0.1) is 12.7 Å². The van der Waals surface area contributed by atoms with Crippen LogP contribution in [0.15, 0.2) is 34.5 Å². The fraction of sp³-hybridized carbons (Fsp3) is 0.474. The molecule has 9 heteroatoms. The third kappa shape index (κ3) is 6.96. The first-order chi connectivity index (χ1) is 13.3. The molecule has 0 unspecified atom stereocenters. The number of carbonyl (C=O) groups excluding carboxylic acids is 1. The summed E-state index contributed by atoms with van der Waals surface area (Å²) in [4.78, 5) is 16.3. The molecule has 0 spiro atoms. The van der Waals surface area contributed by atoms with E-state index < -0.39 is 15.8 Å². The fourth-order valence-electron chi connectivity index (χ4n) is 2.60. The number of carbonyl (C=O) groups is 1. The summed E-state index contributed by atoms with van der Waals surface area (Å²) < 4.78 is 38.9. The maximum absolute atomic E-state index is 12.9. The maximum Gasteiger partial charge on any atom is 0.242 e. The molecular formula is C19H26FN3O3S2. The Bertz CT molecular complexity index is 867. The Morgan fingerprint density at radius 1 is 1.21 bits per heavy atom. The van der Waals surface area contributed by atoms with Gasteiger partial charge in [-0.3, -0.25) is 4.79 Å². The number of thiazole rings is 1. The van der Waals surface area contributed by atoms with Crippen LogP contribution >= 0.6 is 11.3 Å². The molecule has 0 aliphatic heterocycles. The molecule has 28 heavy (non-hydrogen) atoms. The van der Waals surface area contributed by atoms with Crippen molar-refractivity contribution in [1.29, 1.82) is 0 Å². The molecule has 1 N–H and O–H groups in total. The maximum atomic E-state index is 12.9. The Balaban J connectivity index is 1.62. The van der Waals surface area contributed by atoms with Crippen molar-refractivity contribution >= 4 is 27.3 Å². The minimum absolute atomic E-state index is 0.0382. The molecule has 2 rings (SSSR count). The van der Waals surface area contributed by atoms with Crippen LogP contribution in [0.4, 0.5) is 4.39 Å². The van der Waals surface area contributed by atoms with Gasteiger partial charge in [-0.25, -0.2) is 22.1 Å². The summed E-state index contributed by atoms with van der Waals surface area (Å²) in [5, 5.41) is 6.01. The van der Waals surface area contributed by atoms with Crippen LogP contribution in [0.2, 0.25) is 0 Å². The molecule has 1 aromatic heterocycles. The monoisotopic (exact) mass is 427 g/mol. The first kappa shape index (κ1) is 22.4. The number of aryl methyl sites for hydroxylation is 2. The van der Waals surface area contributed by atoms with E-state index in [9.17, 15) is 17.6 Å². The molecule has 1 amide bonds. The normalized spacial score (nSPS) is 11.7. The average molecular weight is 428 g/mol. The second kappa shape index (κ2) is 10.6. The van der Waals surface area contributed by atoms with E-state index >= 15 is 0 Å².